The highest BCUT2D eigenvalue weighted by atomic mass is 15.1. The standard InChI is InChI=1S/C62H42N2/c1-2-16-43(17-3-1)52-27-14-30-57-53(28-15-29-56(52)57)45-34-38-48(39-35-45)63(50-21-12-20-47(42-50)54-26-13-19-44-18-4-5-22-51(44)54)49-40-36-46(37-41-49)55-23-6-9-31-60(55)64-61-32-10-7-24-58(61)59-25-8-11-33-62(59)64/h1-42H. The molecule has 0 aliphatic carbocycles. The molecule has 64 heavy (non-hydrogen) atoms. The van der Waals surface area contributed by atoms with Crippen molar-refractivity contribution in [2.45, 2.75) is 0 Å². The van der Waals surface area contributed by atoms with Gasteiger partial charge in [0, 0.05) is 33.4 Å². The van der Waals surface area contributed by atoms with Gasteiger partial charge < -0.3 is 9.47 Å². The molecule has 0 fully saturated rings. The third-order valence-electron chi connectivity index (χ3n) is 12.8. The van der Waals surface area contributed by atoms with Crippen molar-refractivity contribution >= 4 is 60.4 Å². The number of nitrogens with zero attached hydrogens (tertiary/aromatic N) is 2. The lowest BCUT2D eigenvalue weighted by molar-refractivity contribution is 1.18. The number of benzene rings is 11. The first-order valence-corrected chi connectivity index (χ1v) is 22.0. The van der Waals surface area contributed by atoms with Crippen molar-refractivity contribution in [3.63, 3.8) is 0 Å². The van der Waals surface area contributed by atoms with E-state index in [0.717, 1.165) is 28.3 Å². The van der Waals surface area contributed by atoms with Crippen molar-refractivity contribution in [3.8, 4) is 50.2 Å². The van der Waals surface area contributed by atoms with Crippen LogP contribution in [0.4, 0.5) is 17.1 Å². The molecule has 0 N–H and O–H groups in total. The van der Waals surface area contributed by atoms with Gasteiger partial charge in [-0.3, -0.25) is 0 Å². The third-order valence-corrected chi connectivity index (χ3v) is 12.8. The second-order valence-electron chi connectivity index (χ2n) is 16.5. The number of rotatable bonds is 8. The van der Waals surface area contributed by atoms with Crippen LogP contribution in [0.5, 0.6) is 0 Å². The molecule has 0 aliphatic rings. The predicted molar refractivity (Wildman–Crippen MR) is 272 cm³/mol. The zero-order chi connectivity index (χ0) is 42.4. The van der Waals surface area contributed by atoms with E-state index in [-0.39, 0.29) is 0 Å². The maximum Gasteiger partial charge on any atom is 0.0541 e. The van der Waals surface area contributed by atoms with Crippen LogP contribution >= 0.6 is 0 Å². The highest BCUT2D eigenvalue weighted by molar-refractivity contribution is 6.10. The summed E-state index contributed by atoms with van der Waals surface area (Å²) in [7, 11) is 0. The quantitative estimate of drug-likeness (QED) is 0.148. The molecule has 0 radical (unpaired) electrons. The van der Waals surface area contributed by atoms with Gasteiger partial charge in [-0.25, -0.2) is 0 Å². The smallest absolute Gasteiger partial charge is 0.0541 e. The number of fused-ring (bicyclic) bond motifs is 5. The monoisotopic (exact) mass is 814 g/mol. The molecule has 2 heteroatoms. The molecular formula is C62H42N2. The minimum Gasteiger partial charge on any atom is -0.310 e. The van der Waals surface area contributed by atoms with E-state index in [1.807, 2.05) is 0 Å². The molecule has 12 rings (SSSR count). The molecule has 0 bridgehead atoms. The van der Waals surface area contributed by atoms with Crippen molar-refractivity contribution in [2.24, 2.45) is 0 Å². The van der Waals surface area contributed by atoms with Crippen LogP contribution in [0, 0.1) is 0 Å². The molecule has 12 aromatic rings. The van der Waals surface area contributed by atoms with Crippen LogP contribution in [0.25, 0.3) is 93.5 Å². The molecule has 1 heterocycles. The Bertz CT molecular complexity index is 3600. The Balaban J connectivity index is 0.973. The maximum absolute atomic E-state index is 2.42. The SMILES string of the molecule is c1ccc(-c2cccc3c(-c4ccc(N(c5ccc(-c6ccccc6-n6c7ccccc7c7ccccc76)cc5)c5cccc(-c6cccc7ccccc67)c5)cc4)cccc23)cc1. The van der Waals surface area contributed by atoms with Gasteiger partial charge >= 0.3 is 0 Å². The van der Waals surface area contributed by atoms with E-state index in [0.29, 0.717) is 0 Å². The second-order valence-corrected chi connectivity index (χ2v) is 16.5. The predicted octanol–water partition coefficient (Wildman–Crippen LogP) is 17.2. The van der Waals surface area contributed by atoms with Gasteiger partial charge in [-0.1, -0.05) is 200 Å². The van der Waals surface area contributed by atoms with Crippen LogP contribution in [0.3, 0.4) is 0 Å². The lowest BCUT2D eigenvalue weighted by Gasteiger charge is -2.27. The molecule has 0 amide bonds. The van der Waals surface area contributed by atoms with E-state index in [9.17, 15) is 0 Å². The number of hydrogen-bond acceptors (Lipinski definition) is 1. The molecular weight excluding hydrogens is 773 g/mol. The number of hydrogen-bond donors (Lipinski definition) is 0. The van der Waals surface area contributed by atoms with Gasteiger partial charge in [-0.05, 0) is 115 Å². The highest BCUT2D eigenvalue weighted by Crippen LogP contribution is 2.42. The van der Waals surface area contributed by atoms with Crippen LogP contribution in [-0.2, 0) is 0 Å². The van der Waals surface area contributed by atoms with Crippen LogP contribution in [0.2, 0.25) is 0 Å². The lowest BCUT2D eigenvalue weighted by atomic mass is 9.93. The fourth-order valence-electron chi connectivity index (χ4n) is 9.84. The Labute approximate surface area is 373 Å². The van der Waals surface area contributed by atoms with Crippen molar-refractivity contribution in [1.82, 2.24) is 4.57 Å². The molecule has 0 unspecified atom stereocenters. The summed E-state index contributed by atoms with van der Waals surface area (Å²) in [5.41, 5.74) is 16.4. The van der Waals surface area contributed by atoms with E-state index in [1.165, 1.54) is 82.3 Å². The van der Waals surface area contributed by atoms with Gasteiger partial charge in [0.25, 0.3) is 0 Å². The van der Waals surface area contributed by atoms with Gasteiger partial charge in [0.2, 0.25) is 0 Å². The molecule has 0 spiro atoms. The topological polar surface area (TPSA) is 8.17 Å². The molecule has 11 aromatic carbocycles. The number of para-hydroxylation sites is 3. The zero-order valence-electron chi connectivity index (χ0n) is 35.1. The Hall–Kier alpha value is -8.46. The third kappa shape index (κ3) is 6.44. The largest absolute Gasteiger partial charge is 0.310 e. The van der Waals surface area contributed by atoms with Crippen LogP contribution < -0.4 is 4.90 Å². The first-order valence-electron chi connectivity index (χ1n) is 22.0. The summed E-state index contributed by atoms with van der Waals surface area (Å²) in [5, 5.41) is 7.49. The van der Waals surface area contributed by atoms with Crippen LogP contribution in [0.1, 0.15) is 0 Å². The Kier molecular flexibility index (Phi) is 9.20. The summed E-state index contributed by atoms with van der Waals surface area (Å²) in [6, 6.07) is 92.6. The van der Waals surface area contributed by atoms with Crippen molar-refractivity contribution in [1.29, 1.82) is 0 Å². The summed E-state index contributed by atoms with van der Waals surface area (Å²) in [4.78, 5) is 2.39. The van der Waals surface area contributed by atoms with Crippen molar-refractivity contribution in [2.75, 3.05) is 4.90 Å². The number of anilines is 3. The Morgan fingerprint density at radius 2 is 0.672 bits per heavy atom. The first-order chi connectivity index (χ1) is 31.8. The van der Waals surface area contributed by atoms with Gasteiger partial charge in [0.05, 0.1) is 16.7 Å². The average Bonchev–Trinajstić information content (AvgIpc) is 3.71. The van der Waals surface area contributed by atoms with Crippen molar-refractivity contribution < 1.29 is 0 Å². The molecule has 2 nitrogen and oxygen atoms in total. The molecule has 0 saturated heterocycles. The molecule has 0 atom stereocenters. The van der Waals surface area contributed by atoms with Crippen LogP contribution in [-0.4, -0.2) is 4.57 Å². The molecule has 1 aromatic heterocycles. The summed E-state index contributed by atoms with van der Waals surface area (Å²) in [6.45, 7) is 0. The first kappa shape index (κ1) is 37.3. The van der Waals surface area contributed by atoms with E-state index >= 15 is 0 Å². The maximum atomic E-state index is 2.42. The van der Waals surface area contributed by atoms with Gasteiger partial charge in [-0.15, -0.1) is 0 Å². The number of aromatic nitrogens is 1. The minimum absolute atomic E-state index is 1.08. The average molecular weight is 815 g/mol. The second kappa shape index (κ2) is 15.8. The summed E-state index contributed by atoms with van der Waals surface area (Å²) >= 11 is 0. The van der Waals surface area contributed by atoms with Crippen molar-refractivity contribution in [3.05, 3.63) is 255 Å². The van der Waals surface area contributed by atoms with Gasteiger partial charge in [-0.2, -0.15) is 0 Å². The van der Waals surface area contributed by atoms with E-state index in [1.54, 1.807) is 0 Å². The Morgan fingerprint density at radius 3 is 1.33 bits per heavy atom. The summed E-state index contributed by atoms with van der Waals surface area (Å²) in [6.07, 6.45) is 0. The van der Waals surface area contributed by atoms with E-state index in [2.05, 4.69) is 264 Å². The highest BCUT2D eigenvalue weighted by Gasteiger charge is 2.18. The fourth-order valence-corrected chi connectivity index (χ4v) is 9.84. The normalized spacial score (nSPS) is 11.4. The van der Waals surface area contributed by atoms with E-state index < -0.39 is 0 Å². The molecule has 0 saturated carbocycles. The van der Waals surface area contributed by atoms with Crippen LogP contribution in [0.15, 0.2) is 255 Å². The molecule has 0 aliphatic heterocycles. The van der Waals surface area contributed by atoms with E-state index in [4.69, 9.17) is 0 Å². The molecule has 300 valence electrons. The summed E-state index contributed by atoms with van der Waals surface area (Å²) < 4.78 is 2.42. The lowest BCUT2D eigenvalue weighted by Crippen LogP contribution is -2.10. The zero-order valence-corrected chi connectivity index (χ0v) is 35.1. The van der Waals surface area contributed by atoms with Gasteiger partial charge in [0.1, 0.15) is 0 Å². The van der Waals surface area contributed by atoms with Gasteiger partial charge in [0.15, 0.2) is 0 Å². The Morgan fingerprint density at radius 1 is 0.250 bits per heavy atom. The summed E-state index contributed by atoms with van der Waals surface area (Å²) in [5.74, 6) is 0. The minimum atomic E-state index is 1.08. The fraction of sp³-hybridized carbons (Fsp3) is 0.